The Kier molecular flexibility index (Phi) is 8.53. The quantitative estimate of drug-likeness (QED) is 0.470. The summed E-state index contributed by atoms with van der Waals surface area (Å²) in [5, 5.41) is 13.1. The molecule has 1 saturated heterocycles. The minimum atomic E-state index is -0.322. The lowest BCUT2D eigenvalue weighted by Gasteiger charge is -2.32. The minimum Gasteiger partial charge on any atom is -0.449 e. The van der Waals surface area contributed by atoms with Crippen LogP contribution in [0.3, 0.4) is 0 Å². The van der Waals surface area contributed by atoms with Gasteiger partial charge in [-0.2, -0.15) is 5.26 Å². The maximum Gasteiger partial charge on any atom is 0.410 e. The van der Waals surface area contributed by atoms with Crippen LogP contribution < -0.4 is 5.32 Å². The second-order valence-electron chi connectivity index (χ2n) is 8.84. The molecular weight excluding hydrogens is 462 g/mol. The fourth-order valence-corrected chi connectivity index (χ4v) is 5.48. The van der Waals surface area contributed by atoms with E-state index in [9.17, 15) is 14.9 Å². The zero-order chi connectivity index (χ0) is 24.6. The Hall–Kier alpha value is -3.19. The second-order valence-corrected chi connectivity index (χ2v) is 9.94. The molecule has 35 heavy (non-hydrogen) atoms. The average Bonchev–Trinajstić information content (AvgIpc) is 3.22. The second kappa shape index (κ2) is 12.0. The summed E-state index contributed by atoms with van der Waals surface area (Å²) in [6.07, 6.45) is 4.26. The van der Waals surface area contributed by atoms with Gasteiger partial charge in [-0.3, -0.25) is 4.79 Å². The number of hydrogen-bond acceptors (Lipinski definition) is 7. The molecule has 0 spiro atoms. The topological polar surface area (TPSA) is 88.9 Å². The molecule has 1 N–H and O–H groups in total. The van der Waals surface area contributed by atoms with Gasteiger partial charge in [0.25, 0.3) is 0 Å². The van der Waals surface area contributed by atoms with Gasteiger partial charge in [-0.05, 0) is 37.1 Å². The van der Waals surface area contributed by atoms with Gasteiger partial charge in [0.1, 0.15) is 11.1 Å². The smallest absolute Gasteiger partial charge is 0.410 e. The van der Waals surface area contributed by atoms with Gasteiger partial charge in [0, 0.05) is 50.2 Å². The number of carbonyl (C=O) groups excluding carboxylic acids is 2. The number of benzene rings is 1. The minimum absolute atomic E-state index is 0.291. The Balaban J connectivity index is 1.28. The maximum atomic E-state index is 12.6. The van der Waals surface area contributed by atoms with Crippen LogP contribution in [0.15, 0.2) is 36.4 Å². The lowest BCUT2D eigenvalue weighted by atomic mass is 10.0. The van der Waals surface area contributed by atoms with Gasteiger partial charge >= 0.3 is 6.09 Å². The molecule has 2 aromatic rings. The van der Waals surface area contributed by atoms with Crippen LogP contribution in [0.2, 0.25) is 0 Å². The number of piperazine rings is 1. The van der Waals surface area contributed by atoms with Crippen LogP contribution in [0.25, 0.3) is 6.08 Å². The fraction of sp³-hybridized carbons (Fsp3) is 0.423. The van der Waals surface area contributed by atoms with E-state index in [4.69, 9.17) is 4.74 Å². The summed E-state index contributed by atoms with van der Waals surface area (Å²) in [7, 11) is 2.14. The lowest BCUT2D eigenvalue weighted by molar-refractivity contribution is -0.111. The molecule has 184 valence electrons. The number of nitriles is 1. The molecule has 0 radical (unpaired) electrons. The van der Waals surface area contributed by atoms with Crippen molar-refractivity contribution in [2.45, 2.75) is 19.4 Å². The Bertz CT molecular complexity index is 1100. The van der Waals surface area contributed by atoms with Crippen molar-refractivity contribution in [2.75, 3.05) is 58.2 Å². The van der Waals surface area contributed by atoms with Gasteiger partial charge in [0.05, 0.1) is 18.7 Å². The van der Waals surface area contributed by atoms with Gasteiger partial charge in [-0.15, -0.1) is 11.3 Å². The first-order valence-corrected chi connectivity index (χ1v) is 12.8. The third-order valence-corrected chi connectivity index (χ3v) is 7.46. The molecule has 2 aliphatic heterocycles. The summed E-state index contributed by atoms with van der Waals surface area (Å²) in [5.74, 6) is -0.291. The first kappa shape index (κ1) is 24.9. The van der Waals surface area contributed by atoms with Crippen molar-refractivity contribution in [1.82, 2.24) is 14.7 Å². The normalized spacial score (nSPS) is 16.6. The van der Waals surface area contributed by atoms with Gasteiger partial charge in [0.15, 0.2) is 0 Å². The van der Waals surface area contributed by atoms with E-state index in [1.54, 1.807) is 11.0 Å². The number of ether oxygens (including phenoxy) is 1. The number of likely N-dealkylation sites (N-methyl/N-ethyl adjacent to an activating group) is 1. The fourth-order valence-electron chi connectivity index (χ4n) is 4.27. The summed E-state index contributed by atoms with van der Waals surface area (Å²) >= 11 is 1.36. The van der Waals surface area contributed by atoms with Crippen LogP contribution >= 0.6 is 11.3 Å². The van der Waals surface area contributed by atoms with Crippen LogP contribution in [0.5, 0.6) is 0 Å². The molecule has 0 atom stereocenters. The van der Waals surface area contributed by atoms with E-state index in [0.717, 1.165) is 55.1 Å². The van der Waals surface area contributed by atoms with E-state index in [1.807, 2.05) is 30.3 Å². The van der Waals surface area contributed by atoms with E-state index >= 15 is 0 Å². The van der Waals surface area contributed by atoms with Crippen molar-refractivity contribution >= 4 is 34.4 Å². The standard InChI is InChI=1S/C26H31N5O3S/c1-29-13-15-30(16-14-29)11-5-17-34-26(33)31-12-10-21-22(18-27)25(35-23(21)19-31)28-24(32)9-8-20-6-3-2-4-7-20/h2-4,6-9H,5,10-17,19H2,1H3,(H,28,32). The summed E-state index contributed by atoms with van der Waals surface area (Å²) < 4.78 is 5.52. The predicted molar refractivity (Wildman–Crippen MR) is 137 cm³/mol. The van der Waals surface area contributed by atoms with Crippen LogP contribution in [0.1, 0.15) is 28.0 Å². The predicted octanol–water partition coefficient (Wildman–Crippen LogP) is 3.40. The number of thiophene rings is 1. The number of amides is 2. The van der Waals surface area contributed by atoms with Crippen molar-refractivity contribution in [3.63, 3.8) is 0 Å². The molecule has 1 aromatic heterocycles. The third-order valence-electron chi connectivity index (χ3n) is 6.33. The van der Waals surface area contributed by atoms with Crippen LogP contribution in [0.4, 0.5) is 9.80 Å². The molecule has 9 heteroatoms. The summed E-state index contributed by atoms with van der Waals surface area (Å²) in [4.78, 5) is 32.4. The largest absolute Gasteiger partial charge is 0.449 e. The molecule has 2 aliphatic rings. The van der Waals surface area contributed by atoms with Crippen molar-refractivity contribution in [3.05, 3.63) is 58.0 Å². The van der Waals surface area contributed by atoms with Crippen molar-refractivity contribution in [3.8, 4) is 6.07 Å². The number of nitrogens with one attached hydrogen (secondary N) is 1. The molecule has 2 amide bonds. The Morgan fingerprint density at radius 2 is 1.94 bits per heavy atom. The molecule has 0 aliphatic carbocycles. The monoisotopic (exact) mass is 493 g/mol. The van der Waals surface area contributed by atoms with E-state index in [0.29, 0.717) is 36.7 Å². The number of rotatable bonds is 7. The molecule has 8 nitrogen and oxygen atoms in total. The Morgan fingerprint density at radius 1 is 1.17 bits per heavy atom. The summed E-state index contributed by atoms with van der Waals surface area (Å²) in [6, 6.07) is 11.8. The van der Waals surface area contributed by atoms with Gasteiger partial charge in [-0.1, -0.05) is 30.3 Å². The third kappa shape index (κ3) is 6.69. The number of carbonyl (C=O) groups is 2. The highest BCUT2D eigenvalue weighted by Crippen LogP contribution is 2.36. The van der Waals surface area contributed by atoms with Crippen molar-refractivity contribution < 1.29 is 14.3 Å². The van der Waals surface area contributed by atoms with E-state index < -0.39 is 0 Å². The molecule has 1 fully saturated rings. The molecule has 0 unspecified atom stereocenters. The number of fused-ring (bicyclic) bond motifs is 1. The van der Waals surface area contributed by atoms with Gasteiger partial charge in [-0.25, -0.2) is 4.79 Å². The van der Waals surface area contributed by atoms with E-state index in [1.165, 1.54) is 17.4 Å². The molecule has 3 heterocycles. The highest BCUT2D eigenvalue weighted by Gasteiger charge is 2.28. The van der Waals surface area contributed by atoms with E-state index in [2.05, 4.69) is 28.2 Å². The van der Waals surface area contributed by atoms with Gasteiger partial charge < -0.3 is 24.8 Å². The van der Waals surface area contributed by atoms with Crippen LogP contribution in [0, 0.1) is 11.3 Å². The molecule has 0 bridgehead atoms. The van der Waals surface area contributed by atoms with Crippen molar-refractivity contribution in [2.24, 2.45) is 0 Å². The number of hydrogen-bond donors (Lipinski definition) is 1. The summed E-state index contributed by atoms with van der Waals surface area (Å²) in [5.41, 5.74) is 2.33. The Labute approximate surface area is 210 Å². The zero-order valence-electron chi connectivity index (χ0n) is 20.0. The van der Waals surface area contributed by atoms with Gasteiger partial charge in [0.2, 0.25) is 5.91 Å². The first-order valence-electron chi connectivity index (χ1n) is 11.9. The molecule has 1 aromatic carbocycles. The van der Waals surface area contributed by atoms with E-state index in [-0.39, 0.29) is 12.0 Å². The summed E-state index contributed by atoms with van der Waals surface area (Å²) in [6.45, 7) is 6.49. The molecule has 4 rings (SSSR count). The highest BCUT2D eigenvalue weighted by atomic mass is 32.1. The zero-order valence-corrected chi connectivity index (χ0v) is 20.9. The lowest BCUT2D eigenvalue weighted by Crippen LogP contribution is -2.44. The van der Waals surface area contributed by atoms with Crippen LogP contribution in [-0.4, -0.2) is 79.6 Å². The van der Waals surface area contributed by atoms with Crippen LogP contribution in [-0.2, 0) is 22.5 Å². The SMILES string of the molecule is CN1CCN(CCCOC(=O)N2CCc3c(sc(NC(=O)C=Cc4ccccc4)c3C#N)C2)CC1. The number of anilines is 1. The highest BCUT2D eigenvalue weighted by molar-refractivity contribution is 7.16. The Morgan fingerprint density at radius 3 is 2.69 bits per heavy atom. The average molecular weight is 494 g/mol. The molecular formula is C26H31N5O3S. The van der Waals surface area contributed by atoms with Crippen molar-refractivity contribution in [1.29, 1.82) is 5.26 Å². The first-order chi connectivity index (χ1) is 17.0. The maximum absolute atomic E-state index is 12.6. The number of nitrogens with zero attached hydrogens (tertiary/aromatic N) is 4. The molecule has 0 saturated carbocycles.